The zero-order chi connectivity index (χ0) is 12.3. The maximum atomic E-state index is 13.5. The molecule has 3 nitrogen and oxygen atoms in total. The van der Waals surface area contributed by atoms with Crippen LogP contribution in [0.25, 0.3) is 0 Å². The van der Waals surface area contributed by atoms with Crippen LogP contribution in [0.5, 0.6) is 0 Å². The summed E-state index contributed by atoms with van der Waals surface area (Å²) in [5.74, 6) is -0.886. The predicted octanol–water partition coefficient (Wildman–Crippen LogP) is 2.00. The number of halogens is 2. The molecule has 88 valence electrons. The molecule has 0 spiro atoms. The second-order valence-corrected chi connectivity index (χ2v) is 4.05. The molecule has 0 aliphatic rings. The lowest BCUT2D eigenvalue weighted by Crippen LogP contribution is -2.40. The number of hydrogen-bond donors (Lipinski definition) is 2. The minimum atomic E-state index is -0.536. The van der Waals surface area contributed by atoms with Crippen molar-refractivity contribution in [2.24, 2.45) is 5.73 Å². The summed E-state index contributed by atoms with van der Waals surface area (Å²) in [6.07, 6.45) is 0. The predicted molar refractivity (Wildman–Crippen MR) is 61.6 cm³/mol. The van der Waals surface area contributed by atoms with Gasteiger partial charge in [-0.25, -0.2) is 4.39 Å². The first-order valence-corrected chi connectivity index (χ1v) is 5.30. The first-order chi connectivity index (χ1) is 7.43. The molecule has 16 heavy (non-hydrogen) atoms. The summed E-state index contributed by atoms with van der Waals surface area (Å²) < 4.78 is 13.5. The van der Waals surface area contributed by atoms with Gasteiger partial charge >= 0.3 is 0 Å². The van der Waals surface area contributed by atoms with E-state index in [-0.39, 0.29) is 6.04 Å². The summed E-state index contributed by atoms with van der Waals surface area (Å²) >= 11 is 5.89. The van der Waals surface area contributed by atoms with Crippen LogP contribution in [0, 0.1) is 5.82 Å². The normalized spacial score (nSPS) is 14.5. The van der Waals surface area contributed by atoms with Crippen molar-refractivity contribution in [2.45, 2.75) is 25.9 Å². The highest BCUT2D eigenvalue weighted by Gasteiger charge is 2.18. The van der Waals surface area contributed by atoms with Gasteiger partial charge in [-0.2, -0.15) is 0 Å². The summed E-state index contributed by atoms with van der Waals surface area (Å²) in [6, 6.07) is 3.55. The highest BCUT2D eigenvalue weighted by molar-refractivity contribution is 6.31. The van der Waals surface area contributed by atoms with E-state index >= 15 is 0 Å². The standard InChI is InChI=1S/C11H14ClFN2O/c1-6(15-7(2)11(14)16)10-8(12)4-3-5-9(10)13/h3-7,15H,1-2H3,(H2,14,16)/t6-,7-/m1/s1. The van der Waals surface area contributed by atoms with E-state index in [0.717, 1.165) is 0 Å². The summed E-state index contributed by atoms with van der Waals surface area (Å²) in [6.45, 7) is 3.34. The molecule has 5 heteroatoms. The second kappa shape index (κ2) is 5.27. The molecule has 1 amide bonds. The zero-order valence-corrected chi connectivity index (χ0v) is 9.88. The van der Waals surface area contributed by atoms with Gasteiger partial charge < -0.3 is 5.73 Å². The summed E-state index contributed by atoms with van der Waals surface area (Å²) in [4.78, 5) is 10.9. The molecule has 0 radical (unpaired) electrons. The fourth-order valence-corrected chi connectivity index (χ4v) is 1.79. The van der Waals surface area contributed by atoms with Gasteiger partial charge in [-0.1, -0.05) is 17.7 Å². The van der Waals surface area contributed by atoms with E-state index in [1.54, 1.807) is 19.9 Å². The van der Waals surface area contributed by atoms with Crippen LogP contribution in [0.2, 0.25) is 5.02 Å². The van der Waals surface area contributed by atoms with Crippen molar-refractivity contribution in [1.82, 2.24) is 5.32 Å². The summed E-state index contributed by atoms with van der Waals surface area (Å²) in [7, 11) is 0. The minimum absolute atomic E-state index is 0.330. The number of benzene rings is 1. The highest BCUT2D eigenvalue weighted by atomic mass is 35.5. The van der Waals surface area contributed by atoms with E-state index in [0.29, 0.717) is 10.6 Å². The first-order valence-electron chi connectivity index (χ1n) is 4.92. The topological polar surface area (TPSA) is 55.1 Å². The Kier molecular flexibility index (Phi) is 4.26. The molecule has 0 saturated heterocycles. The molecular formula is C11H14ClFN2O. The van der Waals surface area contributed by atoms with E-state index in [4.69, 9.17) is 17.3 Å². The van der Waals surface area contributed by atoms with Crippen LogP contribution in [-0.4, -0.2) is 11.9 Å². The van der Waals surface area contributed by atoms with Crippen molar-refractivity contribution in [3.8, 4) is 0 Å². The average Bonchev–Trinajstić information content (AvgIpc) is 2.16. The van der Waals surface area contributed by atoms with Crippen LogP contribution in [0.3, 0.4) is 0 Å². The van der Waals surface area contributed by atoms with Crippen molar-refractivity contribution >= 4 is 17.5 Å². The number of carbonyl (C=O) groups excluding carboxylic acids is 1. The Bertz CT molecular complexity index is 377. The number of primary amides is 1. The van der Waals surface area contributed by atoms with Crippen molar-refractivity contribution in [3.05, 3.63) is 34.6 Å². The molecule has 0 saturated carbocycles. The molecule has 0 aliphatic carbocycles. The van der Waals surface area contributed by atoms with Gasteiger partial charge in [-0.05, 0) is 26.0 Å². The van der Waals surface area contributed by atoms with E-state index in [9.17, 15) is 9.18 Å². The molecule has 0 heterocycles. The Morgan fingerprint density at radius 1 is 1.50 bits per heavy atom. The summed E-state index contributed by atoms with van der Waals surface area (Å²) in [5.41, 5.74) is 5.45. The fraction of sp³-hybridized carbons (Fsp3) is 0.364. The molecule has 0 fully saturated rings. The van der Waals surface area contributed by atoms with Gasteiger partial charge in [0.05, 0.1) is 6.04 Å². The third-order valence-corrected chi connectivity index (χ3v) is 2.69. The van der Waals surface area contributed by atoms with Crippen molar-refractivity contribution in [1.29, 1.82) is 0 Å². The average molecular weight is 245 g/mol. The number of amides is 1. The Morgan fingerprint density at radius 2 is 2.12 bits per heavy atom. The van der Waals surface area contributed by atoms with Crippen LogP contribution >= 0.6 is 11.6 Å². The van der Waals surface area contributed by atoms with Crippen LogP contribution in [0.1, 0.15) is 25.5 Å². The van der Waals surface area contributed by atoms with E-state index in [1.807, 2.05) is 0 Å². The number of hydrogen-bond acceptors (Lipinski definition) is 2. The monoisotopic (exact) mass is 244 g/mol. The molecule has 1 aromatic carbocycles. The quantitative estimate of drug-likeness (QED) is 0.851. The summed E-state index contributed by atoms with van der Waals surface area (Å²) in [5, 5.41) is 3.21. The molecular weight excluding hydrogens is 231 g/mol. The second-order valence-electron chi connectivity index (χ2n) is 3.65. The minimum Gasteiger partial charge on any atom is -0.368 e. The van der Waals surface area contributed by atoms with E-state index in [1.165, 1.54) is 12.1 Å². The van der Waals surface area contributed by atoms with Crippen LogP contribution < -0.4 is 11.1 Å². The molecule has 0 aliphatic heterocycles. The molecule has 3 N–H and O–H groups in total. The Morgan fingerprint density at radius 3 is 2.62 bits per heavy atom. The molecule has 1 aromatic rings. The Hall–Kier alpha value is -1.13. The Balaban J connectivity index is 2.88. The van der Waals surface area contributed by atoms with E-state index < -0.39 is 17.8 Å². The van der Waals surface area contributed by atoms with Gasteiger partial charge in [0.2, 0.25) is 5.91 Å². The lowest BCUT2D eigenvalue weighted by molar-refractivity contribution is -0.119. The number of nitrogens with two attached hydrogens (primary N) is 1. The third-order valence-electron chi connectivity index (χ3n) is 2.36. The Labute approximate surface area is 98.8 Å². The van der Waals surface area contributed by atoms with Crippen molar-refractivity contribution in [3.63, 3.8) is 0 Å². The number of carbonyl (C=O) groups is 1. The molecule has 1 rings (SSSR count). The van der Waals surface area contributed by atoms with Gasteiger partial charge in [-0.15, -0.1) is 0 Å². The van der Waals surface area contributed by atoms with Gasteiger partial charge in [0.15, 0.2) is 0 Å². The number of nitrogens with one attached hydrogen (secondary N) is 1. The van der Waals surface area contributed by atoms with Crippen molar-refractivity contribution in [2.75, 3.05) is 0 Å². The SMILES string of the molecule is C[C@@H](N[C@H](C)c1c(F)cccc1Cl)C(N)=O. The largest absolute Gasteiger partial charge is 0.368 e. The lowest BCUT2D eigenvalue weighted by atomic mass is 10.1. The van der Waals surface area contributed by atoms with Crippen molar-refractivity contribution < 1.29 is 9.18 Å². The van der Waals surface area contributed by atoms with Crippen LogP contribution in [-0.2, 0) is 4.79 Å². The maximum Gasteiger partial charge on any atom is 0.234 e. The highest BCUT2D eigenvalue weighted by Crippen LogP contribution is 2.25. The van der Waals surface area contributed by atoms with Crippen LogP contribution in [0.4, 0.5) is 4.39 Å². The maximum absolute atomic E-state index is 13.5. The molecule has 2 atom stereocenters. The fourth-order valence-electron chi connectivity index (χ4n) is 1.46. The van der Waals surface area contributed by atoms with Gasteiger partial charge in [0.1, 0.15) is 5.82 Å². The lowest BCUT2D eigenvalue weighted by Gasteiger charge is -2.19. The molecule has 0 bridgehead atoms. The van der Waals surface area contributed by atoms with Gasteiger partial charge in [0.25, 0.3) is 0 Å². The smallest absolute Gasteiger partial charge is 0.234 e. The van der Waals surface area contributed by atoms with Crippen LogP contribution in [0.15, 0.2) is 18.2 Å². The van der Waals surface area contributed by atoms with E-state index in [2.05, 4.69) is 5.32 Å². The number of rotatable bonds is 4. The van der Waals surface area contributed by atoms with Gasteiger partial charge in [0, 0.05) is 16.6 Å². The zero-order valence-electron chi connectivity index (χ0n) is 9.13. The molecule has 0 aromatic heterocycles. The van der Waals surface area contributed by atoms with Gasteiger partial charge in [-0.3, -0.25) is 10.1 Å². The first kappa shape index (κ1) is 12.9. The third kappa shape index (κ3) is 2.93. The molecule has 0 unspecified atom stereocenters.